The van der Waals surface area contributed by atoms with Crippen molar-refractivity contribution in [2.45, 2.75) is 59.6 Å². The number of urea groups is 1. The van der Waals surface area contributed by atoms with E-state index in [2.05, 4.69) is 22.0 Å². The summed E-state index contributed by atoms with van der Waals surface area (Å²) in [5.74, 6) is 0. The van der Waals surface area contributed by atoms with Gasteiger partial charge in [0.05, 0.1) is 21.8 Å². The molecule has 0 atom stereocenters. The average Bonchev–Trinajstić information content (AvgIpc) is 3.25. The summed E-state index contributed by atoms with van der Waals surface area (Å²) in [4.78, 5) is 43.9. The summed E-state index contributed by atoms with van der Waals surface area (Å²) in [6, 6.07) is 11.5. The number of pyridine rings is 1. The number of hydrogen-bond donors (Lipinski definition) is 1. The number of aromatic nitrogens is 2. The van der Waals surface area contributed by atoms with E-state index in [4.69, 9.17) is 9.72 Å². The SMILES string of the molecule is C=Nc1cccc(-c2nc(NC(=O)N3CCN(C(=O)OC(C)(C)C)CC3(C)C)sc2-c2cc(C)nc(C)c2)c1. The van der Waals surface area contributed by atoms with Crippen LogP contribution < -0.4 is 5.32 Å². The predicted molar refractivity (Wildman–Crippen MR) is 157 cm³/mol. The van der Waals surface area contributed by atoms with Gasteiger partial charge in [0.2, 0.25) is 0 Å². The molecule has 1 fully saturated rings. The van der Waals surface area contributed by atoms with Crippen molar-refractivity contribution in [1.82, 2.24) is 19.8 Å². The Morgan fingerprint density at radius 1 is 1.08 bits per heavy atom. The number of benzene rings is 1. The molecule has 1 N–H and O–H groups in total. The number of thiazole rings is 1. The highest BCUT2D eigenvalue weighted by atomic mass is 32.1. The number of rotatable bonds is 4. The number of piperazine rings is 1. The zero-order chi connectivity index (χ0) is 28.5. The Morgan fingerprint density at radius 3 is 2.38 bits per heavy atom. The molecule has 1 aliphatic heterocycles. The largest absolute Gasteiger partial charge is 0.444 e. The van der Waals surface area contributed by atoms with Gasteiger partial charge in [0.15, 0.2) is 5.13 Å². The first-order valence-electron chi connectivity index (χ1n) is 12.9. The van der Waals surface area contributed by atoms with E-state index in [1.165, 1.54) is 11.3 Å². The maximum Gasteiger partial charge on any atom is 0.410 e. The van der Waals surface area contributed by atoms with Crippen LogP contribution in [-0.2, 0) is 4.74 Å². The van der Waals surface area contributed by atoms with Gasteiger partial charge in [-0.05, 0) is 85.0 Å². The highest BCUT2D eigenvalue weighted by Crippen LogP contribution is 2.40. The molecule has 4 rings (SSSR count). The first-order chi connectivity index (χ1) is 18.3. The number of aryl methyl sites for hydroxylation is 2. The van der Waals surface area contributed by atoms with Gasteiger partial charge in [-0.1, -0.05) is 23.5 Å². The molecule has 206 valence electrons. The Labute approximate surface area is 233 Å². The predicted octanol–water partition coefficient (Wildman–Crippen LogP) is 6.68. The van der Waals surface area contributed by atoms with Crippen LogP contribution in [0.4, 0.5) is 20.4 Å². The normalized spacial score (nSPS) is 15.2. The number of nitrogens with zero attached hydrogens (tertiary/aromatic N) is 5. The Bertz CT molecular complexity index is 1390. The van der Waals surface area contributed by atoms with Gasteiger partial charge < -0.3 is 14.5 Å². The zero-order valence-corrected chi connectivity index (χ0v) is 24.5. The molecule has 9 nitrogen and oxygen atoms in total. The molecule has 3 amide bonds. The summed E-state index contributed by atoms with van der Waals surface area (Å²) in [6.07, 6.45) is -0.371. The van der Waals surface area contributed by atoms with E-state index in [-0.39, 0.29) is 12.1 Å². The van der Waals surface area contributed by atoms with Crippen LogP contribution >= 0.6 is 11.3 Å². The monoisotopic (exact) mass is 548 g/mol. The van der Waals surface area contributed by atoms with Crippen molar-refractivity contribution in [2.24, 2.45) is 4.99 Å². The number of aliphatic imine (C=N–C) groups is 1. The average molecular weight is 549 g/mol. The molecule has 0 bridgehead atoms. The lowest BCUT2D eigenvalue weighted by atomic mass is 9.99. The second kappa shape index (κ2) is 10.8. The number of carbonyl (C=O) groups is 2. The molecular formula is C29H36N6O3S. The lowest BCUT2D eigenvalue weighted by Gasteiger charge is -2.46. The molecule has 1 aliphatic rings. The highest BCUT2D eigenvalue weighted by Gasteiger charge is 2.40. The second-order valence-corrected chi connectivity index (χ2v) is 12.3. The van der Waals surface area contributed by atoms with Crippen molar-refractivity contribution in [3.05, 3.63) is 47.8 Å². The smallest absolute Gasteiger partial charge is 0.410 e. The van der Waals surface area contributed by atoms with Crippen LogP contribution in [0.1, 0.15) is 46.0 Å². The van der Waals surface area contributed by atoms with E-state index in [1.54, 1.807) is 9.80 Å². The first kappa shape index (κ1) is 28.2. The maximum absolute atomic E-state index is 13.5. The van der Waals surface area contributed by atoms with E-state index in [1.807, 2.05) is 84.9 Å². The molecule has 10 heteroatoms. The van der Waals surface area contributed by atoms with Crippen molar-refractivity contribution < 1.29 is 14.3 Å². The molecule has 2 aromatic heterocycles. The maximum atomic E-state index is 13.5. The third-order valence-corrected chi connectivity index (χ3v) is 7.31. The molecule has 1 saturated heterocycles. The summed E-state index contributed by atoms with van der Waals surface area (Å²) in [5.41, 5.74) is 3.97. The quantitative estimate of drug-likeness (QED) is 0.366. The third kappa shape index (κ3) is 6.62. The summed E-state index contributed by atoms with van der Waals surface area (Å²) >= 11 is 1.41. The molecule has 3 heterocycles. The molecule has 0 saturated carbocycles. The van der Waals surface area contributed by atoms with Crippen molar-refractivity contribution in [1.29, 1.82) is 0 Å². The first-order valence-corrected chi connectivity index (χ1v) is 13.7. The van der Waals surface area contributed by atoms with Gasteiger partial charge in [-0.3, -0.25) is 15.3 Å². The van der Waals surface area contributed by atoms with Gasteiger partial charge in [-0.2, -0.15) is 0 Å². The topological polar surface area (TPSA) is 100 Å². The molecule has 0 radical (unpaired) electrons. The van der Waals surface area contributed by atoms with Gasteiger partial charge in [0.25, 0.3) is 0 Å². The molecule has 3 aromatic rings. The summed E-state index contributed by atoms with van der Waals surface area (Å²) in [7, 11) is 0. The molecule has 0 spiro atoms. The van der Waals surface area contributed by atoms with Gasteiger partial charge in [-0.15, -0.1) is 0 Å². The number of hydrogen-bond acceptors (Lipinski definition) is 7. The Balaban J connectivity index is 1.61. The number of anilines is 1. The summed E-state index contributed by atoms with van der Waals surface area (Å²) in [5, 5.41) is 3.50. The number of nitrogens with one attached hydrogen (secondary N) is 1. The van der Waals surface area contributed by atoms with Crippen molar-refractivity contribution in [2.75, 3.05) is 25.0 Å². The third-order valence-electron chi connectivity index (χ3n) is 6.29. The van der Waals surface area contributed by atoms with Crippen LogP contribution in [0.2, 0.25) is 0 Å². The highest BCUT2D eigenvalue weighted by molar-refractivity contribution is 7.19. The van der Waals surface area contributed by atoms with Gasteiger partial charge >= 0.3 is 12.1 Å². The van der Waals surface area contributed by atoms with Crippen molar-refractivity contribution in [3.63, 3.8) is 0 Å². The Morgan fingerprint density at radius 2 is 1.77 bits per heavy atom. The van der Waals surface area contributed by atoms with Crippen LogP contribution in [0.25, 0.3) is 21.7 Å². The summed E-state index contributed by atoms with van der Waals surface area (Å²) in [6.45, 7) is 18.1. The van der Waals surface area contributed by atoms with E-state index in [0.717, 1.165) is 38.8 Å². The molecule has 0 unspecified atom stereocenters. The van der Waals surface area contributed by atoms with Gasteiger partial charge in [0.1, 0.15) is 5.60 Å². The Hall–Kier alpha value is -3.79. The van der Waals surface area contributed by atoms with Crippen LogP contribution in [0.5, 0.6) is 0 Å². The molecule has 1 aromatic carbocycles. The minimum absolute atomic E-state index is 0.265. The molecular weight excluding hydrogens is 512 g/mol. The fraction of sp³-hybridized carbons (Fsp3) is 0.414. The molecule has 0 aliphatic carbocycles. The minimum Gasteiger partial charge on any atom is -0.444 e. The fourth-order valence-corrected chi connectivity index (χ4v) is 5.62. The summed E-state index contributed by atoms with van der Waals surface area (Å²) < 4.78 is 5.54. The van der Waals surface area contributed by atoms with E-state index in [0.29, 0.717) is 24.8 Å². The van der Waals surface area contributed by atoms with E-state index >= 15 is 0 Å². The van der Waals surface area contributed by atoms with Crippen LogP contribution in [0.3, 0.4) is 0 Å². The van der Waals surface area contributed by atoms with E-state index < -0.39 is 11.1 Å². The number of amides is 3. The van der Waals surface area contributed by atoms with Crippen molar-refractivity contribution in [3.8, 4) is 21.7 Å². The Kier molecular flexibility index (Phi) is 7.79. The second-order valence-electron chi connectivity index (χ2n) is 11.3. The molecule has 39 heavy (non-hydrogen) atoms. The minimum atomic E-state index is -0.606. The van der Waals surface area contributed by atoms with Crippen LogP contribution in [0, 0.1) is 13.8 Å². The van der Waals surface area contributed by atoms with Crippen LogP contribution in [-0.4, -0.2) is 69.4 Å². The number of carbonyl (C=O) groups excluding carboxylic acids is 2. The van der Waals surface area contributed by atoms with Crippen LogP contribution in [0.15, 0.2) is 41.4 Å². The van der Waals surface area contributed by atoms with Gasteiger partial charge in [0, 0.05) is 36.6 Å². The number of ether oxygens (including phenoxy) is 1. The lowest BCUT2D eigenvalue weighted by Crippen LogP contribution is -2.63. The van der Waals surface area contributed by atoms with E-state index in [9.17, 15) is 9.59 Å². The zero-order valence-electron chi connectivity index (χ0n) is 23.7. The standard InChI is InChI=1S/C29H36N6O3S/c1-18-14-21(15-19(2)31-18)24-23(20-10-9-11-22(16-20)30-8)32-25(39-24)33-26(36)35-13-12-34(17-29(35,6)7)27(37)38-28(3,4)5/h9-11,14-16H,8,12-13,17H2,1-7H3,(H,32,33,36). The van der Waals surface area contributed by atoms with Crippen molar-refractivity contribution >= 4 is 41.0 Å². The fourth-order valence-electron chi connectivity index (χ4n) is 4.65. The van der Waals surface area contributed by atoms with Gasteiger partial charge in [-0.25, -0.2) is 14.6 Å². The lowest BCUT2D eigenvalue weighted by molar-refractivity contribution is -0.00288.